The Morgan fingerprint density at radius 1 is 0.860 bits per heavy atom. The monoisotopic (exact) mass is 746 g/mol. The van der Waals surface area contributed by atoms with Gasteiger partial charge in [-0.15, -0.1) is 0 Å². The Balaban J connectivity index is 1.87. The molecule has 0 spiro atoms. The quantitative estimate of drug-likeness (QED) is 0.0288. The van der Waals surface area contributed by atoms with Crippen molar-refractivity contribution < 1.29 is 47.8 Å². The molecule has 0 saturated carbocycles. The van der Waals surface area contributed by atoms with Gasteiger partial charge in [-0.25, -0.2) is 4.79 Å². The summed E-state index contributed by atoms with van der Waals surface area (Å²) in [6.07, 6.45) is 0.206. The van der Waals surface area contributed by atoms with Crippen molar-refractivity contribution in [3.8, 4) is 0 Å². The number of anilines is 8. The van der Waals surface area contributed by atoms with E-state index >= 15 is 0 Å². The molecule has 1 atom stereocenters. The number of hydrogen-bond acceptors (Lipinski definition) is 25. The number of thioether (sulfide) groups is 1. The largest absolute Gasteiger partial charge is 0.404 e. The van der Waals surface area contributed by atoms with Gasteiger partial charge >= 0.3 is 5.30 Å². The molecule has 26 heteroatoms. The lowest BCUT2D eigenvalue weighted by Crippen LogP contribution is -2.32. The number of nitrogens with two attached hydrogens (primary N) is 2. The molecule has 50 heavy (non-hydrogen) atoms. The molecule has 2 aromatic heterocycles. The Hall–Kier alpha value is -4.51. The second kappa shape index (κ2) is 20.9. The third kappa shape index (κ3) is 13.8. The van der Waals surface area contributed by atoms with Crippen molar-refractivity contribution in [2.75, 3.05) is 89.2 Å². The van der Waals surface area contributed by atoms with Crippen molar-refractivity contribution in [3.63, 3.8) is 0 Å². The van der Waals surface area contributed by atoms with Crippen LogP contribution in [0.15, 0.2) is 24.3 Å². The molecule has 24 nitrogen and oxygen atoms in total. The van der Waals surface area contributed by atoms with Crippen molar-refractivity contribution in [2.45, 2.75) is 12.5 Å². The SMILES string of the molecule is NOOC(=O)SCNc1nc(Nc2cccc(Nc3nc(NCCS(=O)(=O)ON)nc(N(CCO)CCO)n3)c2)nc(NC(CO)CCO)n1. The molecule has 276 valence electrons. The van der Waals surface area contributed by atoms with Gasteiger partial charge in [0.05, 0.1) is 37.5 Å². The molecule has 0 aliphatic rings. The van der Waals surface area contributed by atoms with E-state index in [-0.39, 0.29) is 94.0 Å². The number of nitrogens with zero attached hydrogens (tertiary/aromatic N) is 7. The lowest BCUT2D eigenvalue weighted by Gasteiger charge is -2.21. The minimum absolute atomic E-state index is 0.0190. The van der Waals surface area contributed by atoms with Crippen LogP contribution in [0.2, 0.25) is 0 Å². The van der Waals surface area contributed by atoms with Gasteiger partial charge in [0.1, 0.15) is 0 Å². The normalized spacial score (nSPS) is 11.8. The highest BCUT2D eigenvalue weighted by Crippen LogP contribution is 2.23. The van der Waals surface area contributed by atoms with Crippen LogP contribution in [-0.2, 0) is 24.3 Å². The molecule has 0 amide bonds. The molecule has 0 aliphatic heterocycles. The van der Waals surface area contributed by atoms with E-state index in [4.69, 9.17) is 11.8 Å². The van der Waals surface area contributed by atoms with Crippen molar-refractivity contribution in [3.05, 3.63) is 24.3 Å². The van der Waals surface area contributed by atoms with E-state index in [9.17, 15) is 33.6 Å². The van der Waals surface area contributed by atoms with Crippen LogP contribution in [-0.4, -0.2) is 128 Å². The summed E-state index contributed by atoms with van der Waals surface area (Å²) in [7, 11) is -3.98. The van der Waals surface area contributed by atoms with E-state index in [0.29, 0.717) is 23.1 Å². The van der Waals surface area contributed by atoms with Gasteiger partial charge < -0.3 is 51.9 Å². The van der Waals surface area contributed by atoms with E-state index in [1.54, 1.807) is 24.3 Å². The average Bonchev–Trinajstić information content (AvgIpc) is 3.08. The maximum atomic E-state index is 11.6. The minimum atomic E-state index is -3.98. The van der Waals surface area contributed by atoms with E-state index in [0.717, 1.165) is 0 Å². The molecule has 0 saturated heterocycles. The highest BCUT2D eigenvalue weighted by molar-refractivity contribution is 8.13. The fraction of sp³-hybridized carbons (Fsp3) is 0.458. The zero-order chi connectivity index (χ0) is 36.4. The van der Waals surface area contributed by atoms with Gasteiger partial charge in [0.25, 0.3) is 10.1 Å². The standard InChI is InChI=1S/C24H38N14O10S2/c25-47-46-24(43)49-14-28-19-33-20(35-21(34-19)31-17(13-42)4-8-39)29-15-2-1-3-16(12-15)30-22-32-18(27-5-11-50(44,45)48-26)36-23(37-22)38(6-9-40)7-10-41/h1-3,12,17,39-42H,4-11,13-14,25-26H2,(H2,27,30,32,36,37)(H3,28,29,31,33,34,35). The molecular weight excluding hydrogens is 708 g/mol. The van der Waals surface area contributed by atoms with E-state index in [2.05, 4.69) is 70.6 Å². The number of rotatable bonds is 23. The number of aromatic nitrogens is 6. The molecule has 0 radical (unpaired) electrons. The van der Waals surface area contributed by atoms with E-state index in [1.807, 2.05) is 0 Å². The average molecular weight is 747 g/mol. The van der Waals surface area contributed by atoms with Crippen LogP contribution >= 0.6 is 11.8 Å². The minimum Gasteiger partial charge on any atom is -0.396 e. The Kier molecular flexibility index (Phi) is 16.7. The van der Waals surface area contributed by atoms with Crippen LogP contribution in [0, 0.1) is 0 Å². The number of benzene rings is 1. The summed E-state index contributed by atoms with van der Waals surface area (Å²) in [5.41, 5.74) is 0.950. The molecule has 13 N–H and O–H groups in total. The Labute approximate surface area is 289 Å². The van der Waals surface area contributed by atoms with Crippen molar-refractivity contribution in [1.82, 2.24) is 29.9 Å². The lowest BCUT2D eigenvalue weighted by atomic mass is 10.2. The first-order valence-electron chi connectivity index (χ1n) is 14.5. The third-order valence-electron chi connectivity index (χ3n) is 6.01. The lowest BCUT2D eigenvalue weighted by molar-refractivity contribution is -0.234. The second-order valence-corrected chi connectivity index (χ2v) is 12.2. The molecule has 3 rings (SSSR count). The van der Waals surface area contributed by atoms with Crippen LogP contribution < -0.4 is 43.3 Å². The zero-order valence-corrected chi connectivity index (χ0v) is 27.9. The molecule has 0 aliphatic carbocycles. The summed E-state index contributed by atoms with van der Waals surface area (Å²) >= 11 is 0.670. The van der Waals surface area contributed by atoms with Crippen LogP contribution in [0.5, 0.6) is 0 Å². The van der Waals surface area contributed by atoms with Crippen molar-refractivity contribution >= 4 is 74.2 Å². The highest BCUT2D eigenvalue weighted by Gasteiger charge is 2.16. The fourth-order valence-corrected chi connectivity index (χ4v) is 4.66. The number of hydrogen-bond donors (Lipinski definition) is 11. The van der Waals surface area contributed by atoms with Gasteiger partial charge in [-0.3, -0.25) is 4.89 Å². The van der Waals surface area contributed by atoms with E-state index in [1.165, 1.54) is 4.90 Å². The van der Waals surface area contributed by atoms with Crippen LogP contribution in [0.4, 0.5) is 51.9 Å². The van der Waals surface area contributed by atoms with Gasteiger partial charge in [-0.2, -0.15) is 54.4 Å². The molecule has 1 aromatic carbocycles. The van der Waals surface area contributed by atoms with Crippen LogP contribution in [0.1, 0.15) is 6.42 Å². The zero-order valence-electron chi connectivity index (χ0n) is 26.3. The highest BCUT2D eigenvalue weighted by atomic mass is 32.2. The number of aliphatic hydroxyl groups excluding tert-OH is 4. The molecule has 1 unspecified atom stereocenters. The summed E-state index contributed by atoms with van der Waals surface area (Å²) in [6.45, 7) is -1.04. The summed E-state index contributed by atoms with van der Waals surface area (Å²) in [5.74, 6) is 9.20. The number of carbonyl (C=O) groups is 1. The van der Waals surface area contributed by atoms with Crippen LogP contribution in [0.3, 0.4) is 0 Å². The van der Waals surface area contributed by atoms with Gasteiger partial charge in [0.2, 0.25) is 35.7 Å². The first-order chi connectivity index (χ1) is 24.1. The molecule has 0 fully saturated rings. The second-order valence-electron chi connectivity index (χ2n) is 9.57. The van der Waals surface area contributed by atoms with Gasteiger partial charge in [0, 0.05) is 37.6 Å². The van der Waals surface area contributed by atoms with Gasteiger partial charge in [0.15, 0.2) is 0 Å². The number of nitrogens with one attached hydrogen (secondary N) is 5. The smallest absolute Gasteiger partial charge is 0.396 e. The predicted octanol–water partition coefficient (Wildman–Crippen LogP) is -1.83. The van der Waals surface area contributed by atoms with Crippen LogP contribution in [0.25, 0.3) is 0 Å². The summed E-state index contributed by atoms with van der Waals surface area (Å²) in [5, 5.41) is 51.7. The molecule has 2 heterocycles. The van der Waals surface area contributed by atoms with Gasteiger partial charge in [-0.05, 0) is 36.4 Å². The first kappa shape index (κ1) is 39.9. The molecular formula is C24H38N14O10S2. The summed E-state index contributed by atoms with van der Waals surface area (Å²) < 4.78 is 27.2. The summed E-state index contributed by atoms with van der Waals surface area (Å²) in [4.78, 5) is 46.9. The Bertz CT molecular complexity index is 1610. The third-order valence-corrected chi connectivity index (χ3v) is 7.60. The number of aliphatic hydroxyl groups is 4. The maximum absolute atomic E-state index is 11.6. The first-order valence-corrected chi connectivity index (χ1v) is 17.1. The molecule has 0 bridgehead atoms. The van der Waals surface area contributed by atoms with Crippen molar-refractivity contribution in [2.24, 2.45) is 11.8 Å². The molecule has 3 aromatic rings. The maximum Gasteiger partial charge on any atom is 0.404 e. The number of carbonyl (C=O) groups excluding carboxylic acids is 1. The Morgan fingerprint density at radius 3 is 2.06 bits per heavy atom. The topological polar surface area (TPSA) is 353 Å². The fourth-order valence-electron chi connectivity index (χ4n) is 3.81. The van der Waals surface area contributed by atoms with Crippen molar-refractivity contribution in [1.29, 1.82) is 0 Å². The Morgan fingerprint density at radius 2 is 1.46 bits per heavy atom. The van der Waals surface area contributed by atoms with Gasteiger partial charge in [-0.1, -0.05) is 11.1 Å². The van der Waals surface area contributed by atoms with E-state index < -0.39 is 27.2 Å². The predicted molar refractivity (Wildman–Crippen MR) is 181 cm³/mol. The summed E-state index contributed by atoms with van der Waals surface area (Å²) in [6, 6.07) is 6.17.